The monoisotopic (exact) mass is 235 g/mol. The minimum absolute atomic E-state index is 0.148. The zero-order valence-electron chi connectivity index (χ0n) is 10.1. The van der Waals surface area contributed by atoms with E-state index in [1.807, 2.05) is 13.0 Å². The van der Waals surface area contributed by atoms with E-state index in [0.29, 0.717) is 5.56 Å². The second-order valence-corrected chi connectivity index (χ2v) is 4.39. The van der Waals surface area contributed by atoms with E-state index in [-0.39, 0.29) is 6.10 Å². The summed E-state index contributed by atoms with van der Waals surface area (Å²) in [5, 5.41) is 8.99. The Balaban J connectivity index is 2.23. The van der Waals surface area contributed by atoms with Crippen molar-refractivity contribution in [2.45, 2.75) is 19.4 Å². The average molecular weight is 235 g/mol. The summed E-state index contributed by atoms with van der Waals surface area (Å²) in [6, 6.07) is 5.34. The van der Waals surface area contributed by atoms with Gasteiger partial charge < -0.3 is 14.7 Å². The third kappa shape index (κ3) is 2.42. The molecule has 0 aliphatic carbocycles. The molecule has 1 aliphatic rings. The van der Waals surface area contributed by atoms with E-state index in [1.54, 1.807) is 19.2 Å². The molecule has 1 unspecified atom stereocenters. The highest BCUT2D eigenvalue weighted by Gasteiger charge is 2.21. The molecule has 0 bridgehead atoms. The summed E-state index contributed by atoms with van der Waals surface area (Å²) in [4.78, 5) is 13.1. The molecule has 0 saturated carbocycles. The van der Waals surface area contributed by atoms with Crippen LogP contribution in [0.15, 0.2) is 18.2 Å². The number of methoxy groups -OCH3 is 1. The van der Waals surface area contributed by atoms with E-state index >= 15 is 0 Å². The molecular weight excluding hydrogens is 218 g/mol. The highest BCUT2D eigenvalue weighted by molar-refractivity contribution is 5.89. The van der Waals surface area contributed by atoms with Gasteiger partial charge in [-0.25, -0.2) is 4.79 Å². The fourth-order valence-electron chi connectivity index (χ4n) is 2.15. The van der Waals surface area contributed by atoms with Gasteiger partial charge >= 0.3 is 5.97 Å². The SMILES string of the molecule is COC(C)CN1CCc2ccc(C(=O)O)cc21. The lowest BCUT2D eigenvalue weighted by Gasteiger charge is -2.23. The Bertz CT molecular complexity index is 431. The molecule has 1 aliphatic heterocycles. The number of ether oxygens (including phenoxy) is 1. The van der Waals surface area contributed by atoms with Crippen molar-refractivity contribution in [3.8, 4) is 0 Å². The van der Waals surface area contributed by atoms with Crippen LogP contribution >= 0.6 is 0 Å². The number of rotatable bonds is 4. The topological polar surface area (TPSA) is 49.8 Å². The van der Waals surface area contributed by atoms with E-state index in [0.717, 1.165) is 25.2 Å². The highest BCUT2D eigenvalue weighted by Crippen LogP contribution is 2.29. The summed E-state index contributed by atoms with van der Waals surface area (Å²) in [6.45, 7) is 3.75. The van der Waals surface area contributed by atoms with Crippen LogP contribution in [0.4, 0.5) is 5.69 Å². The van der Waals surface area contributed by atoms with Crippen LogP contribution < -0.4 is 4.90 Å². The Morgan fingerprint density at radius 2 is 2.35 bits per heavy atom. The molecule has 2 rings (SSSR count). The van der Waals surface area contributed by atoms with E-state index in [9.17, 15) is 4.79 Å². The Morgan fingerprint density at radius 1 is 1.59 bits per heavy atom. The minimum Gasteiger partial charge on any atom is -0.478 e. The lowest BCUT2D eigenvalue weighted by Crippen LogP contribution is -2.30. The fraction of sp³-hybridized carbons (Fsp3) is 0.462. The minimum atomic E-state index is -0.876. The van der Waals surface area contributed by atoms with Gasteiger partial charge in [0.2, 0.25) is 0 Å². The Labute approximate surface area is 101 Å². The first-order valence-electron chi connectivity index (χ1n) is 5.75. The van der Waals surface area contributed by atoms with Gasteiger partial charge in [-0.15, -0.1) is 0 Å². The van der Waals surface area contributed by atoms with Crippen LogP contribution in [-0.4, -0.2) is 37.4 Å². The summed E-state index contributed by atoms with van der Waals surface area (Å²) < 4.78 is 5.25. The van der Waals surface area contributed by atoms with E-state index < -0.39 is 5.97 Å². The first-order valence-corrected chi connectivity index (χ1v) is 5.75. The van der Waals surface area contributed by atoms with Crippen molar-refractivity contribution < 1.29 is 14.6 Å². The van der Waals surface area contributed by atoms with Gasteiger partial charge in [0.05, 0.1) is 11.7 Å². The van der Waals surface area contributed by atoms with Crippen LogP contribution in [0.1, 0.15) is 22.8 Å². The smallest absolute Gasteiger partial charge is 0.335 e. The number of hydrogen-bond acceptors (Lipinski definition) is 3. The van der Waals surface area contributed by atoms with E-state index in [4.69, 9.17) is 9.84 Å². The summed E-state index contributed by atoms with van der Waals surface area (Å²) in [5.74, 6) is -0.876. The van der Waals surface area contributed by atoms with Gasteiger partial charge in [-0.3, -0.25) is 0 Å². The van der Waals surface area contributed by atoms with Gasteiger partial charge in [0.1, 0.15) is 0 Å². The van der Waals surface area contributed by atoms with Crippen LogP contribution in [0.25, 0.3) is 0 Å². The van der Waals surface area contributed by atoms with Gasteiger partial charge in [0, 0.05) is 25.9 Å². The second-order valence-electron chi connectivity index (χ2n) is 4.39. The number of anilines is 1. The molecule has 1 aromatic carbocycles. The molecule has 0 radical (unpaired) electrons. The molecule has 17 heavy (non-hydrogen) atoms. The first kappa shape index (κ1) is 11.9. The molecular formula is C13H17NO3. The maximum atomic E-state index is 10.9. The third-order valence-electron chi connectivity index (χ3n) is 3.20. The van der Waals surface area contributed by atoms with Crippen LogP contribution in [0.2, 0.25) is 0 Å². The first-order chi connectivity index (χ1) is 8.11. The maximum absolute atomic E-state index is 10.9. The van der Waals surface area contributed by atoms with Gasteiger partial charge in [-0.05, 0) is 31.0 Å². The number of fused-ring (bicyclic) bond motifs is 1. The Kier molecular flexibility index (Phi) is 3.33. The standard InChI is InChI=1S/C13H17NO3/c1-9(17-2)8-14-6-5-10-3-4-11(13(15)16)7-12(10)14/h3-4,7,9H,5-6,8H2,1-2H3,(H,15,16). The normalized spacial score (nSPS) is 15.8. The van der Waals surface area contributed by atoms with Gasteiger partial charge in [0.15, 0.2) is 0 Å². The molecule has 0 saturated heterocycles. The van der Waals surface area contributed by atoms with E-state index in [2.05, 4.69) is 4.90 Å². The third-order valence-corrected chi connectivity index (χ3v) is 3.20. The van der Waals surface area contributed by atoms with Gasteiger partial charge in [-0.1, -0.05) is 6.07 Å². The van der Waals surface area contributed by atoms with Gasteiger partial charge in [-0.2, -0.15) is 0 Å². The van der Waals surface area contributed by atoms with Crippen molar-refractivity contribution in [2.75, 3.05) is 25.1 Å². The molecule has 92 valence electrons. The molecule has 0 fully saturated rings. The maximum Gasteiger partial charge on any atom is 0.335 e. The van der Waals surface area contributed by atoms with Crippen LogP contribution in [-0.2, 0) is 11.2 Å². The molecule has 4 nitrogen and oxygen atoms in total. The van der Waals surface area contributed by atoms with Crippen LogP contribution in [0.3, 0.4) is 0 Å². The number of benzene rings is 1. The average Bonchev–Trinajstić information content (AvgIpc) is 2.71. The molecule has 0 spiro atoms. The van der Waals surface area contributed by atoms with Crippen molar-refractivity contribution in [3.05, 3.63) is 29.3 Å². The molecule has 1 N–H and O–H groups in total. The highest BCUT2D eigenvalue weighted by atomic mass is 16.5. The largest absolute Gasteiger partial charge is 0.478 e. The quantitative estimate of drug-likeness (QED) is 0.864. The molecule has 1 atom stereocenters. The number of carboxylic acids is 1. The van der Waals surface area contributed by atoms with Crippen molar-refractivity contribution in [2.24, 2.45) is 0 Å². The zero-order valence-corrected chi connectivity index (χ0v) is 10.1. The summed E-state index contributed by atoms with van der Waals surface area (Å²) in [6.07, 6.45) is 1.13. The van der Waals surface area contributed by atoms with Crippen molar-refractivity contribution >= 4 is 11.7 Å². The van der Waals surface area contributed by atoms with Crippen LogP contribution in [0.5, 0.6) is 0 Å². The fourth-order valence-corrected chi connectivity index (χ4v) is 2.15. The number of carboxylic acid groups (broad SMARTS) is 1. The van der Waals surface area contributed by atoms with Crippen molar-refractivity contribution in [1.29, 1.82) is 0 Å². The van der Waals surface area contributed by atoms with Crippen molar-refractivity contribution in [1.82, 2.24) is 0 Å². The number of nitrogens with zero attached hydrogens (tertiary/aromatic N) is 1. The second kappa shape index (κ2) is 4.75. The molecule has 1 aromatic rings. The van der Waals surface area contributed by atoms with Crippen LogP contribution in [0, 0.1) is 0 Å². The Morgan fingerprint density at radius 3 is 3.00 bits per heavy atom. The summed E-state index contributed by atoms with van der Waals surface area (Å²) in [7, 11) is 1.69. The van der Waals surface area contributed by atoms with E-state index in [1.165, 1.54) is 5.56 Å². The predicted molar refractivity (Wildman–Crippen MR) is 65.8 cm³/mol. The lowest BCUT2D eigenvalue weighted by molar-refractivity contribution is 0.0697. The summed E-state index contributed by atoms with van der Waals surface area (Å²) in [5.41, 5.74) is 2.60. The zero-order chi connectivity index (χ0) is 12.4. The number of carbonyl (C=O) groups is 1. The molecule has 0 aromatic heterocycles. The summed E-state index contributed by atoms with van der Waals surface area (Å²) >= 11 is 0. The number of hydrogen-bond donors (Lipinski definition) is 1. The molecule has 1 heterocycles. The number of aromatic carboxylic acids is 1. The van der Waals surface area contributed by atoms with Crippen molar-refractivity contribution in [3.63, 3.8) is 0 Å². The Hall–Kier alpha value is -1.55. The molecule has 0 amide bonds. The van der Waals surface area contributed by atoms with Gasteiger partial charge in [0.25, 0.3) is 0 Å². The predicted octanol–water partition coefficient (Wildman–Crippen LogP) is 1.78. The lowest BCUT2D eigenvalue weighted by atomic mass is 10.1. The molecule has 4 heteroatoms.